The van der Waals surface area contributed by atoms with Crippen molar-refractivity contribution in [2.75, 3.05) is 0 Å². The van der Waals surface area contributed by atoms with E-state index in [2.05, 4.69) is 6.58 Å². The summed E-state index contributed by atoms with van der Waals surface area (Å²) >= 11 is 0. The Morgan fingerprint density at radius 2 is 2.14 bits per heavy atom. The number of nitrogens with two attached hydrogens (primary N) is 1. The van der Waals surface area contributed by atoms with Crippen LogP contribution in [0.15, 0.2) is 36.4 Å². The lowest BCUT2D eigenvalue weighted by molar-refractivity contribution is 0.471. The highest BCUT2D eigenvalue weighted by molar-refractivity contribution is 5.69. The summed E-state index contributed by atoms with van der Waals surface area (Å²) in [6.07, 6.45) is 1.79. The number of hydrogen-bond donors (Lipinski definition) is 2. The monoisotopic (exact) mass is 189 g/mol. The first kappa shape index (κ1) is 10.4. The van der Waals surface area contributed by atoms with Crippen LogP contribution in [0.25, 0.3) is 5.70 Å². The quantitative estimate of drug-likeness (QED) is 0.702. The standard InChI is InChI=1S/C12H15NO/c1-8(2)7-11(13)10-5-4-6-12(14)9(10)3/h4-7,14H,1,13H2,2-3H3/b11-7+. The minimum absolute atomic E-state index is 0.264. The van der Waals surface area contributed by atoms with Gasteiger partial charge >= 0.3 is 0 Å². The molecule has 0 fully saturated rings. The average Bonchev–Trinajstić information content (AvgIpc) is 2.08. The molecule has 2 heteroatoms. The molecule has 0 aliphatic carbocycles. The van der Waals surface area contributed by atoms with Crippen LogP contribution in [0, 0.1) is 6.92 Å². The maximum Gasteiger partial charge on any atom is 0.119 e. The van der Waals surface area contributed by atoms with E-state index < -0.39 is 0 Å². The summed E-state index contributed by atoms with van der Waals surface area (Å²) in [5.74, 6) is 0.264. The van der Waals surface area contributed by atoms with Crippen LogP contribution in [0.5, 0.6) is 5.75 Å². The average molecular weight is 189 g/mol. The van der Waals surface area contributed by atoms with Crippen molar-refractivity contribution in [3.8, 4) is 5.75 Å². The summed E-state index contributed by atoms with van der Waals surface area (Å²) in [6, 6.07) is 5.30. The smallest absolute Gasteiger partial charge is 0.119 e. The molecule has 2 nitrogen and oxygen atoms in total. The van der Waals surface area contributed by atoms with E-state index in [0.29, 0.717) is 5.70 Å². The van der Waals surface area contributed by atoms with Crippen molar-refractivity contribution in [2.24, 2.45) is 5.73 Å². The van der Waals surface area contributed by atoms with Crippen molar-refractivity contribution >= 4 is 5.70 Å². The Labute approximate surface area is 84.4 Å². The first-order valence-corrected chi connectivity index (χ1v) is 4.44. The molecule has 0 aromatic heterocycles. The molecule has 0 spiro atoms. The number of aromatic hydroxyl groups is 1. The van der Waals surface area contributed by atoms with Crippen LogP contribution in [0.3, 0.4) is 0 Å². The molecule has 0 heterocycles. The van der Waals surface area contributed by atoms with Crippen LogP contribution in [-0.2, 0) is 0 Å². The minimum Gasteiger partial charge on any atom is -0.508 e. The van der Waals surface area contributed by atoms with Crippen molar-refractivity contribution in [1.29, 1.82) is 0 Å². The predicted molar refractivity (Wildman–Crippen MR) is 59.8 cm³/mol. The third-order valence-electron chi connectivity index (χ3n) is 2.02. The van der Waals surface area contributed by atoms with Crippen LogP contribution in [-0.4, -0.2) is 5.11 Å². The zero-order valence-electron chi connectivity index (χ0n) is 8.54. The normalized spacial score (nSPS) is 11.4. The Kier molecular flexibility index (Phi) is 2.97. The molecule has 3 N–H and O–H groups in total. The lowest BCUT2D eigenvalue weighted by Gasteiger charge is -2.07. The van der Waals surface area contributed by atoms with Crippen molar-refractivity contribution in [3.63, 3.8) is 0 Å². The maximum atomic E-state index is 9.48. The number of hydrogen-bond acceptors (Lipinski definition) is 2. The number of phenolic OH excluding ortho intramolecular Hbond substituents is 1. The molecule has 1 aromatic rings. The largest absolute Gasteiger partial charge is 0.508 e. The molecule has 1 rings (SSSR count). The van der Waals surface area contributed by atoms with E-state index in [1.165, 1.54) is 0 Å². The zero-order valence-corrected chi connectivity index (χ0v) is 8.54. The molecule has 0 radical (unpaired) electrons. The Morgan fingerprint density at radius 3 is 2.71 bits per heavy atom. The second-order valence-corrected chi connectivity index (χ2v) is 3.40. The van der Waals surface area contributed by atoms with Gasteiger partial charge in [0.25, 0.3) is 0 Å². The number of rotatable bonds is 2. The SMILES string of the molecule is C=C(C)/C=C(/N)c1cccc(O)c1C. The molecule has 0 bridgehead atoms. The van der Waals surface area contributed by atoms with Crippen molar-refractivity contribution in [2.45, 2.75) is 13.8 Å². The summed E-state index contributed by atoms with van der Waals surface area (Å²) in [6.45, 7) is 7.47. The van der Waals surface area contributed by atoms with Gasteiger partial charge in [0.05, 0.1) is 0 Å². The van der Waals surface area contributed by atoms with E-state index in [0.717, 1.165) is 16.7 Å². The van der Waals surface area contributed by atoms with Gasteiger partial charge in [0.1, 0.15) is 5.75 Å². The number of phenols is 1. The predicted octanol–water partition coefficient (Wildman–Crippen LogP) is 2.58. The summed E-state index contributed by atoms with van der Waals surface area (Å²) in [5.41, 5.74) is 9.03. The van der Waals surface area contributed by atoms with Crippen molar-refractivity contribution in [3.05, 3.63) is 47.6 Å². The van der Waals surface area contributed by atoms with Gasteiger partial charge in [0.2, 0.25) is 0 Å². The summed E-state index contributed by atoms with van der Waals surface area (Å²) in [7, 11) is 0. The molecular weight excluding hydrogens is 174 g/mol. The van der Waals surface area contributed by atoms with Gasteiger partial charge in [-0.1, -0.05) is 24.3 Å². The molecular formula is C12H15NO. The van der Waals surface area contributed by atoms with E-state index in [-0.39, 0.29) is 5.75 Å². The van der Waals surface area contributed by atoms with E-state index in [4.69, 9.17) is 5.73 Å². The van der Waals surface area contributed by atoms with Gasteiger partial charge in [-0.3, -0.25) is 0 Å². The molecule has 14 heavy (non-hydrogen) atoms. The summed E-state index contributed by atoms with van der Waals surface area (Å²) in [5, 5.41) is 9.48. The lowest BCUT2D eigenvalue weighted by Crippen LogP contribution is -1.98. The third kappa shape index (κ3) is 2.16. The molecule has 0 aliphatic rings. The molecule has 0 saturated carbocycles. The fraction of sp³-hybridized carbons (Fsp3) is 0.167. The Hall–Kier alpha value is -1.70. The van der Waals surface area contributed by atoms with Crippen LogP contribution in [0.4, 0.5) is 0 Å². The molecule has 0 saturated heterocycles. The van der Waals surface area contributed by atoms with Crippen LogP contribution < -0.4 is 5.73 Å². The topological polar surface area (TPSA) is 46.2 Å². The number of benzene rings is 1. The Balaban J connectivity index is 3.20. The highest BCUT2D eigenvalue weighted by Gasteiger charge is 2.04. The summed E-state index contributed by atoms with van der Waals surface area (Å²) < 4.78 is 0. The molecule has 74 valence electrons. The Bertz CT molecular complexity index is 391. The van der Waals surface area contributed by atoms with E-state index in [9.17, 15) is 5.11 Å². The molecule has 0 aliphatic heterocycles. The van der Waals surface area contributed by atoms with E-state index >= 15 is 0 Å². The van der Waals surface area contributed by atoms with Gasteiger partial charge in [-0.15, -0.1) is 0 Å². The maximum absolute atomic E-state index is 9.48. The minimum atomic E-state index is 0.264. The van der Waals surface area contributed by atoms with Gasteiger partial charge in [-0.05, 0) is 26.0 Å². The van der Waals surface area contributed by atoms with Gasteiger partial charge in [0.15, 0.2) is 0 Å². The fourth-order valence-corrected chi connectivity index (χ4v) is 1.28. The molecule has 1 aromatic carbocycles. The Morgan fingerprint density at radius 1 is 1.50 bits per heavy atom. The van der Waals surface area contributed by atoms with Crippen LogP contribution >= 0.6 is 0 Å². The second-order valence-electron chi connectivity index (χ2n) is 3.40. The van der Waals surface area contributed by atoms with Crippen molar-refractivity contribution < 1.29 is 5.11 Å². The van der Waals surface area contributed by atoms with Crippen LogP contribution in [0.1, 0.15) is 18.1 Å². The van der Waals surface area contributed by atoms with E-state index in [1.54, 1.807) is 18.2 Å². The van der Waals surface area contributed by atoms with Gasteiger partial charge < -0.3 is 10.8 Å². The molecule has 0 atom stereocenters. The highest BCUT2D eigenvalue weighted by atomic mass is 16.3. The van der Waals surface area contributed by atoms with Gasteiger partial charge in [0, 0.05) is 16.8 Å². The van der Waals surface area contributed by atoms with Gasteiger partial charge in [-0.2, -0.15) is 0 Å². The van der Waals surface area contributed by atoms with Crippen LogP contribution in [0.2, 0.25) is 0 Å². The molecule has 0 amide bonds. The zero-order chi connectivity index (χ0) is 10.7. The first-order chi connectivity index (χ1) is 6.52. The third-order valence-corrected chi connectivity index (χ3v) is 2.02. The lowest BCUT2D eigenvalue weighted by atomic mass is 10.0. The summed E-state index contributed by atoms with van der Waals surface area (Å²) in [4.78, 5) is 0. The van der Waals surface area contributed by atoms with E-state index in [1.807, 2.05) is 19.9 Å². The second kappa shape index (κ2) is 4.01. The fourth-order valence-electron chi connectivity index (χ4n) is 1.28. The number of allylic oxidation sites excluding steroid dienone is 2. The first-order valence-electron chi connectivity index (χ1n) is 4.44. The highest BCUT2D eigenvalue weighted by Crippen LogP contribution is 2.23. The molecule has 0 unspecified atom stereocenters. The van der Waals surface area contributed by atoms with Gasteiger partial charge in [-0.25, -0.2) is 0 Å². The van der Waals surface area contributed by atoms with Crippen molar-refractivity contribution in [1.82, 2.24) is 0 Å².